The number of hydrogen-bond donors (Lipinski definition) is 3. The van der Waals surface area contributed by atoms with Crippen molar-refractivity contribution in [3.05, 3.63) is 50.4 Å². The molecule has 1 aromatic carbocycles. The maximum Gasteiger partial charge on any atom is 0.352 e. The molecule has 0 amide bonds. The third kappa shape index (κ3) is 4.43. The molecule has 0 bridgehead atoms. The number of nitrogens with one attached hydrogen (secondary N) is 1. The molecule has 1 unspecified atom stereocenters. The minimum atomic E-state index is -1.30. The normalized spacial score (nSPS) is 11.9. The summed E-state index contributed by atoms with van der Waals surface area (Å²) in [7, 11) is 0. The fourth-order valence-electron chi connectivity index (χ4n) is 2.42. The van der Waals surface area contributed by atoms with Gasteiger partial charge in [-0.3, -0.25) is 14.4 Å². The Morgan fingerprint density at radius 1 is 1.16 bits per heavy atom. The van der Waals surface area contributed by atoms with Gasteiger partial charge in [-0.2, -0.15) is 0 Å². The Morgan fingerprint density at radius 3 is 2.48 bits per heavy atom. The number of pyridine rings is 1. The minimum absolute atomic E-state index is 0.0765. The van der Waals surface area contributed by atoms with E-state index in [0.29, 0.717) is 12.8 Å². The summed E-state index contributed by atoms with van der Waals surface area (Å²) < 4.78 is 5.53. The van der Waals surface area contributed by atoms with Gasteiger partial charge in [0.2, 0.25) is 5.43 Å². The second-order valence-corrected chi connectivity index (χ2v) is 5.51. The topological polar surface area (TPSA) is 134 Å². The molecule has 132 valence electrons. The number of carbonyl (C=O) groups is 2. The third-order valence-electron chi connectivity index (χ3n) is 3.56. The highest BCUT2D eigenvalue weighted by Gasteiger charge is 2.16. The lowest BCUT2D eigenvalue weighted by molar-refractivity contribution is -0.138. The van der Waals surface area contributed by atoms with Crippen molar-refractivity contribution in [2.75, 3.05) is 0 Å². The van der Waals surface area contributed by atoms with E-state index in [-0.39, 0.29) is 28.8 Å². The molecular weight excluding hydrogens is 330 g/mol. The molecule has 2 rings (SSSR count). The van der Waals surface area contributed by atoms with Gasteiger partial charge in [-0.25, -0.2) is 4.79 Å². The van der Waals surface area contributed by atoms with Gasteiger partial charge in [-0.05, 0) is 24.6 Å². The summed E-state index contributed by atoms with van der Waals surface area (Å²) in [5, 5.41) is 18.0. The van der Waals surface area contributed by atoms with Crippen LogP contribution in [0.3, 0.4) is 0 Å². The molecule has 0 saturated carbocycles. The highest BCUT2D eigenvalue weighted by molar-refractivity contribution is 5.89. The molecule has 8 nitrogen and oxygen atoms in total. The first-order valence-electron chi connectivity index (χ1n) is 7.65. The Bertz CT molecular complexity index is 932. The maximum atomic E-state index is 12.2. The number of ether oxygens (including phenoxy) is 1. The summed E-state index contributed by atoms with van der Waals surface area (Å²) in [5.74, 6) is -2.50. The van der Waals surface area contributed by atoms with Gasteiger partial charge >= 0.3 is 11.9 Å². The van der Waals surface area contributed by atoms with Crippen molar-refractivity contribution in [3.8, 4) is 5.75 Å². The highest BCUT2D eigenvalue weighted by Crippen LogP contribution is 2.16. The Kier molecular flexibility index (Phi) is 5.53. The van der Waals surface area contributed by atoms with E-state index in [0.717, 1.165) is 12.1 Å². The minimum Gasteiger partial charge on any atom is -0.486 e. The van der Waals surface area contributed by atoms with Crippen LogP contribution in [-0.4, -0.2) is 33.2 Å². The second-order valence-electron chi connectivity index (χ2n) is 5.51. The molecule has 8 heteroatoms. The predicted octanol–water partition coefficient (Wildman–Crippen LogP) is 1.61. The first kappa shape index (κ1) is 18.2. The van der Waals surface area contributed by atoms with Crippen LogP contribution in [0.2, 0.25) is 0 Å². The Labute approximate surface area is 141 Å². The van der Waals surface area contributed by atoms with Gasteiger partial charge in [0.25, 0.3) is 0 Å². The second kappa shape index (κ2) is 7.61. The van der Waals surface area contributed by atoms with Crippen LogP contribution in [0.4, 0.5) is 0 Å². The largest absolute Gasteiger partial charge is 0.486 e. The summed E-state index contributed by atoms with van der Waals surface area (Å²) >= 11 is 0. The van der Waals surface area contributed by atoms with E-state index in [2.05, 4.69) is 4.98 Å². The van der Waals surface area contributed by atoms with Crippen molar-refractivity contribution in [1.82, 2.24) is 4.98 Å². The fourth-order valence-corrected chi connectivity index (χ4v) is 2.42. The van der Waals surface area contributed by atoms with Crippen LogP contribution < -0.4 is 15.6 Å². The van der Waals surface area contributed by atoms with Crippen molar-refractivity contribution >= 4 is 22.8 Å². The van der Waals surface area contributed by atoms with E-state index in [1.807, 2.05) is 6.92 Å². The number of fused-ring (bicyclic) bond motifs is 1. The number of H-pyrrole nitrogens is 1. The average Bonchev–Trinajstić information content (AvgIpc) is 2.67. The van der Waals surface area contributed by atoms with Crippen molar-refractivity contribution < 1.29 is 24.5 Å². The van der Waals surface area contributed by atoms with Gasteiger partial charge in [0, 0.05) is 11.5 Å². The summed E-state index contributed by atoms with van der Waals surface area (Å²) in [6.45, 7) is 1.86. The first-order chi connectivity index (χ1) is 11.8. The van der Waals surface area contributed by atoms with Crippen LogP contribution in [0.5, 0.6) is 5.75 Å². The molecule has 0 saturated heterocycles. The van der Waals surface area contributed by atoms with E-state index >= 15 is 0 Å². The van der Waals surface area contributed by atoms with Crippen LogP contribution in [0.15, 0.2) is 33.9 Å². The number of aliphatic carboxylic acids is 1. The molecule has 1 aromatic heterocycles. The van der Waals surface area contributed by atoms with E-state index in [1.165, 1.54) is 12.1 Å². The summed E-state index contributed by atoms with van der Waals surface area (Å²) in [5.41, 5.74) is -1.25. The molecule has 0 aliphatic heterocycles. The summed E-state index contributed by atoms with van der Waals surface area (Å²) in [6.07, 6.45) is 0.115. The monoisotopic (exact) mass is 347 g/mol. The Balaban J connectivity index is 2.56. The van der Waals surface area contributed by atoms with Crippen molar-refractivity contribution in [3.63, 3.8) is 0 Å². The predicted molar refractivity (Wildman–Crippen MR) is 89.4 cm³/mol. The highest BCUT2D eigenvalue weighted by atomic mass is 16.5. The zero-order valence-electron chi connectivity index (χ0n) is 13.4. The van der Waals surface area contributed by atoms with Crippen LogP contribution in [-0.2, 0) is 4.79 Å². The quantitative estimate of drug-likeness (QED) is 0.692. The molecule has 25 heavy (non-hydrogen) atoms. The molecule has 0 radical (unpaired) electrons. The van der Waals surface area contributed by atoms with Gasteiger partial charge in [-0.1, -0.05) is 13.3 Å². The molecule has 0 fully saturated rings. The molecule has 0 aliphatic carbocycles. The molecule has 2 aromatic rings. The number of carboxylic acids is 2. The summed E-state index contributed by atoms with van der Waals surface area (Å²) in [4.78, 5) is 48.8. The Morgan fingerprint density at radius 2 is 1.88 bits per heavy atom. The molecule has 1 heterocycles. The average molecular weight is 347 g/mol. The molecule has 1 atom stereocenters. The third-order valence-corrected chi connectivity index (χ3v) is 3.56. The summed E-state index contributed by atoms with van der Waals surface area (Å²) in [6, 6.07) is 4.57. The van der Waals surface area contributed by atoms with Gasteiger partial charge in [0.1, 0.15) is 11.8 Å². The molecule has 0 aliphatic rings. The van der Waals surface area contributed by atoms with Gasteiger partial charge in [-0.15, -0.1) is 0 Å². The Hall–Kier alpha value is -3.16. The number of carboxylic acid groups (broad SMARTS) is 2. The van der Waals surface area contributed by atoms with Crippen molar-refractivity contribution in [2.45, 2.75) is 32.3 Å². The van der Waals surface area contributed by atoms with E-state index in [9.17, 15) is 19.2 Å². The lowest BCUT2D eigenvalue weighted by atomic mass is 10.1. The SMILES string of the molecule is CCCC(CC(=O)O)Oc1cc2c(=O)cc(C(=O)O)[nH]c2ccc1=O. The zero-order valence-corrected chi connectivity index (χ0v) is 13.4. The smallest absolute Gasteiger partial charge is 0.352 e. The lowest BCUT2D eigenvalue weighted by Crippen LogP contribution is -2.22. The maximum absolute atomic E-state index is 12.2. The van der Waals surface area contributed by atoms with Crippen LogP contribution in [0.25, 0.3) is 10.9 Å². The zero-order chi connectivity index (χ0) is 18.6. The fraction of sp³-hybridized carbons (Fsp3) is 0.294. The number of aromatic amines is 1. The number of aromatic carboxylic acids is 1. The van der Waals surface area contributed by atoms with Crippen LogP contribution in [0, 0.1) is 0 Å². The standard InChI is InChI=1S/C17H17NO7/c1-2-3-9(6-16(21)22)25-15-7-10-11(4-5-13(15)19)18-12(17(23)24)8-14(10)20/h4-5,7-9H,2-3,6H2,1H3,(H,18,20)(H,21,22)(H,23,24). The first-order valence-corrected chi connectivity index (χ1v) is 7.65. The van der Waals surface area contributed by atoms with Gasteiger partial charge in [0.05, 0.1) is 11.9 Å². The van der Waals surface area contributed by atoms with E-state index in [4.69, 9.17) is 14.9 Å². The number of aromatic nitrogens is 1. The van der Waals surface area contributed by atoms with Crippen molar-refractivity contribution in [2.24, 2.45) is 0 Å². The lowest BCUT2D eigenvalue weighted by Gasteiger charge is -2.15. The molecule has 3 N–H and O–H groups in total. The van der Waals surface area contributed by atoms with Crippen LogP contribution >= 0.6 is 0 Å². The van der Waals surface area contributed by atoms with Gasteiger partial charge in [0.15, 0.2) is 11.2 Å². The van der Waals surface area contributed by atoms with Gasteiger partial charge < -0.3 is 19.9 Å². The number of hydrogen-bond acceptors (Lipinski definition) is 5. The van der Waals surface area contributed by atoms with Crippen LogP contribution in [0.1, 0.15) is 36.7 Å². The number of rotatable bonds is 7. The van der Waals surface area contributed by atoms with E-state index in [1.54, 1.807) is 0 Å². The van der Waals surface area contributed by atoms with Crippen molar-refractivity contribution in [1.29, 1.82) is 0 Å². The molecule has 0 spiro atoms. The van der Waals surface area contributed by atoms with E-state index < -0.39 is 28.9 Å². The molecular formula is C17H17NO7.